The topological polar surface area (TPSA) is 32.3 Å². The molecule has 0 bridgehead atoms. The van der Waals surface area contributed by atoms with Crippen molar-refractivity contribution < 1.29 is 31.4 Å². The maximum atomic E-state index is 12.5. The van der Waals surface area contributed by atoms with E-state index < -0.39 is 35.3 Å². The van der Waals surface area contributed by atoms with Gasteiger partial charge in [0, 0.05) is 12.2 Å². The molecule has 0 saturated carbocycles. The van der Waals surface area contributed by atoms with Crippen LogP contribution in [0.15, 0.2) is 18.2 Å². The fourth-order valence-electron chi connectivity index (χ4n) is 1.35. The van der Waals surface area contributed by atoms with Crippen molar-refractivity contribution in [3.63, 3.8) is 0 Å². The van der Waals surface area contributed by atoms with Crippen molar-refractivity contribution in [1.29, 1.82) is 0 Å². The average molecular weight is 322 g/mol. The quantitative estimate of drug-likeness (QED) is 0.654. The van der Waals surface area contributed by atoms with Crippen LogP contribution in [0.2, 0.25) is 0 Å². The van der Waals surface area contributed by atoms with Gasteiger partial charge < -0.3 is 10.4 Å². The van der Waals surface area contributed by atoms with E-state index in [2.05, 4.69) is 5.32 Å². The molecule has 0 aromatic heterocycles. The highest BCUT2D eigenvalue weighted by molar-refractivity contribution is 6.18. The summed E-state index contributed by atoms with van der Waals surface area (Å²) in [5.41, 5.74) is -3.23. The third-order valence-electron chi connectivity index (χ3n) is 2.31. The van der Waals surface area contributed by atoms with Gasteiger partial charge in [0.05, 0.1) is 23.1 Å². The van der Waals surface area contributed by atoms with Gasteiger partial charge in [0.25, 0.3) is 0 Å². The van der Waals surface area contributed by atoms with Crippen LogP contribution in [0, 0.1) is 0 Å². The van der Waals surface area contributed by atoms with Gasteiger partial charge in [-0.05, 0) is 18.2 Å². The molecular formula is C11H10ClF6NO. The Bertz CT molecular complexity index is 427. The van der Waals surface area contributed by atoms with Crippen molar-refractivity contribution in [2.45, 2.75) is 18.5 Å². The lowest BCUT2D eigenvalue weighted by Crippen LogP contribution is -2.21. The summed E-state index contributed by atoms with van der Waals surface area (Å²) >= 11 is 5.28. The van der Waals surface area contributed by atoms with E-state index in [1.807, 2.05) is 0 Å². The molecule has 0 amide bonds. The minimum absolute atomic E-state index is 0.0309. The van der Waals surface area contributed by atoms with Gasteiger partial charge in [0.2, 0.25) is 0 Å². The minimum Gasteiger partial charge on any atom is -0.390 e. The lowest BCUT2D eigenvalue weighted by molar-refractivity contribution is -0.143. The van der Waals surface area contributed by atoms with Crippen LogP contribution in [0.25, 0.3) is 0 Å². The summed E-state index contributed by atoms with van der Waals surface area (Å²) in [6.45, 7) is -0.262. The number of nitrogens with one attached hydrogen (secondary N) is 1. The van der Waals surface area contributed by atoms with Gasteiger partial charge in [0.15, 0.2) is 0 Å². The summed E-state index contributed by atoms with van der Waals surface area (Å²) in [5, 5.41) is 11.4. The van der Waals surface area contributed by atoms with Crippen LogP contribution in [0.5, 0.6) is 0 Å². The van der Waals surface area contributed by atoms with Crippen molar-refractivity contribution in [2.24, 2.45) is 0 Å². The molecule has 0 aliphatic carbocycles. The zero-order chi connectivity index (χ0) is 15.6. The molecule has 1 unspecified atom stereocenters. The van der Waals surface area contributed by atoms with Crippen LogP contribution in [0.4, 0.5) is 32.0 Å². The molecule has 2 nitrogen and oxygen atoms in total. The third kappa shape index (κ3) is 4.75. The van der Waals surface area contributed by atoms with Crippen molar-refractivity contribution >= 4 is 17.3 Å². The van der Waals surface area contributed by atoms with Crippen molar-refractivity contribution in [2.75, 3.05) is 17.7 Å². The molecule has 0 aliphatic rings. The first-order chi connectivity index (χ1) is 9.04. The second kappa shape index (κ2) is 6.09. The molecule has 1 atom stereocenters. The third-order valence-corrected chi connectivity index (χ3v) is 2.66. The van der Waals surface area contributed by atoms with E-state index in [0.717, 1.165) is 0 Å². The Morgan fingerprint density at radius 2 is 1.45 bits per heavy atom. The highest BCUT2D eigenvalue weighted by Gasteiger charge is 2.36. The van der Waals surface area contributed by atoms with E-state index in [0.29, 0.717) is 12.1 Å². The number of benzene rings is 1. The van der Waals surface area contributed by atoms with Gasteiger partial charge in [-0.25, -0.2) is 0 Å². The van der Waals surface area contributed by atoms with Crippen molar-refractivity contribution in [3.8, 4) is 0 Å². The van der Waals surface area contributed by atoms with Gasteiger partial charge >= 0.3 is 12.4 Å². The Kier molecular flexibility index (Phi) is 5.15. The van der Waals surface area contributed by atoms with Gasteiger partial charge in [-0.1, -0.05) is 0 Å². The van der Waals surface area contributed by atoms with Gasteiger partial charge in [-0.2, -0.15) is 26.3 Å². The Labute approximate surface area is 115 Å². The van der Waals surface area contributed by atoms with Crippen LogP contribution in [0.3, 0.4) is 0 Å². The SMILES string of the molecule is OC(CCl)CNc1cc(C(F)(F)F)cc(C(F)(F)F)c1. The normalized spacial score (nSPS) is 14.2. The van der Waals surface area contributed by atoms with Crippen LogP contribution >= 0.6 is 11.6 Å². The zero-order valence-electron chi connectivity index (χ0n) is 9.82. The molecule has 0 aliphatic heterocycles. The predicted octanol–water partition coefficient (Wildman–Crippen LogP) is 3.74. The molecule has 1 aromatic rings. The number of halogens is 7. The summed E-state index contributed by atoms with van der Waals surface area (Å²) in [7, 11) is 0. The van der Waals surface area contributed by atoms with E-state index in [9.17, 15) is 26.3 Å². The van der Waals surface area contributed by atoms with Crippen LogP contribution in [0.1, 0.15) is 11.1 Å². The maximum absolute atomic E-state index is 12.5. The summed E-state index contributed by atoms with van der Waals surface area (Å²) in [6, 6.07) is 1.11. The highest BCUT2D eigenvalue weighted by atomic mass is 35.5. The monoisotopic (exact) mass is 321 g/mol. The number of alkyl halides is 7. The van der Waals surface area contributed by atoms with Gasteiger partial charge in [-0.3, -0.25) is 0 Å². The summed E-state index contributed by atoms with van der Waals surface area (Å²) in [4.78, 5) is 0. The fourth-order valence-corrected chi connectivity index (χ4v) is 1.46. The van der Waals surface area contributed by atoms with Gasteiger partial charge in [0.1, 0.15) is 0 Å². The fraction of sp³-hybridized carbons (Fsp3) is 0.455. The number of aliphatic hydroxyl groups is 1. The number of rotatable bonds is 4. The molecule has 0 fully saturated rings. The van der Waals surface area contributed by atoms with Crippen LogP contribution in [-0.2, 0) is 12.4 Å². The molecule has 0 spiro atoms. The van der Waals surface area contributed by atoms with Gasteiger partial charge in [-0.15, -0.1) is 11.6 Å². The van der Waals surface area contributed by atoms with Crippen LogP contribution in [-0.4, -0.2) is 23.6 Å². The number of aliphatic hydroxyl groups excluding tert-OH is 1. The molecule has 0 heterocycles. The standard InChI is InChI=1S/C11H10ClF6NO/c12-4-9(20)5-19-8-2-6(10(13,14)15)1-7(3-8)11(16,17)18/h1-3,9,19-20H,4-5H2. The van der Waals surface area contributed by atoms with Crippen molar-refractivity contribution in [3.05, 3.63) is 29.3 Å². The highest BCUT2D eigenvalue weighted by Crippen LogP contribution is 2.37. The van der Waals surface area contributed by atoms with E-state index in [-0.39, 0.29) is 18.5 Å². The minimum atomic E-state index is -4.90. The average Bonchev–Trinajstić information content (AvgIpc) is 2.33. The first-order valence-corrected chi connectivity index (χ1v) is 5.85. The summed E-state index contributed by atoms with van der Waals surface area (Å²) in [5.74, 6) is -0.196. The van der Waals surface area contributed by atoms with Crippen molar-refractivity contribution in [1.82, 2.24) is 0 Å². The molecule has 1 rings (SSSR count). The smallest absolute Gasteiger partial charge is 0.390 e. The van der Waals surface area contributed by atoms with Crippen LogP contribution < -0.4 is 5.32 Å². The maximum Gasteiger partial charge on any atom is 0.416 e. The number of hydrogen-bond acceptors (Lipinski definition) is 2. The first kappa shape index (κ1) is 16.9. The molecule has 20 heavy (non-hydrogen) atoms. The second-order valence-electron chi connectivity index (χ2n) is 3.98. The molecule has 0 radical (unpaired) electrons. The van der Waals surface area contributed by atoms with E-state index >= 15 is 0 Å². The first-order valence-electron chi connectivity index (χ1n) is 5.31. The Morgan fingerprint density at radius 3 is 1.80 bits per heavy atom. The predicted molar refractivity (Wildman–Crippen MR) is 61.7 cm³/mol. The summed E-state index contributed by atoms with van der Waals surface area (Å²) in [6.07, 6.45) is -10.9. The zero-order valence-corrected chi connectivity index (χ0v) is 10.6. The Morgan fingerprint density at radius 1 is 1.00 bits per heavy atom. The number of anilines is 1. The molecule has 0 saturated heterocycles. The molecule has 114 valence electrons. The Balaban J connectivity index is 3.11. The Hall–Kier alpha value is -1.15. The van der Waals surface area contributed by atoms with E-state index in [4.69, 9.17) is 16.7 Å². The van der Waals surface area contributed by atoms with E-state index in [1.165, 1.54) is 0 Å². The molecule has 1 aromatic carbocycles. The molecule has 2 N–H and O–H groups in total. The second-order valence-corrected chi connectivity index (χ2v) is 4.29. The molecule has 9 heteroatoms. The lowest BCUT2D eigenvalue weighted by atomic mass is 10.1. The molecular weight excluding hydrogens is 312 g/mol. The number of hydrogen-bond donors (Lipinski definition) is 2. The lowest BCUT2D eigenvalue weighted by Gasteiger charge is -2.16. The van der Waals surface area contributed by atoms with E-state index in [1.54, 1.807) is 0 Å². The summed E-state index contributed by atoms with van der Waals surface area (Å²) < 4.78 is 75.2. The largest absolute Gasteiger partial charge is 0.416 e.